The molecule has 5 aromatic rings. The fourth-order valence-corrected chi connectivity index (χ4v) is 6.34. The molecule has 0 bridgehead atoms. The molecule has 1 aromatic heterocycles. The van der Waals surface area contributed by atoms with Crippen molar-refractivity contribution in [1.29, 1.82) is 0 Å². The smallest absolute Gasteiger partial charge is 0.439 e. The average Bonchev–Trinajstić information content (AvgIpc) is 3.19. The van der Waals surface area contributed by atoms with E-state index in [0.29, 0.717) is 21.6 Å². The van der Waals surface area contributed by atoms with Crippen LogP contribution in [0.4, 0.5) is 30.6 Å². The first-order valence-corrected chi connectivity index (χ1v) is 19.9. The molecular weight excluding hydrogens is 795 g/mol. The number of fused-ring (bicyclic) bond motifs is 1. The number of rotatable bonds is 13. The molecule has 15 heteroatoms. The number of carbonyl (C=O) groups is 5. The Kier molecular flexibility index (Phi) is 14.8. The van der Waals surface area contributed by atoms with E-state index in [1.54, 1.807) is 129 Å². The van der Waals surface area contributed by atoms with Crippen molar-refractivity contribution in [3.8, 4) is 0 Å². The molecule has 4 aromatic carbocycles. The van der Waals surface area contributed by atoms with E-state index in [4.69, 9.17) is 18.9 Å². The van der Waals surface area contributed by atoms with Crippen molar-refractivity contribution < 1.29 is 48.0 Å². The molecule has 0 spiro atoms. The van der Waals surface area contributed by atoms with Crippen LogP contribution in [0.1, 0.15) is 75.4 Å². The van der Waals surface area contributed by atoms with Crippen LogP contribution in [0.3, 0.4) is 0 Å². The average molecular weight is 848 g/mol. The molecule has 1 heterocycles. The molecule has 15 nitrogen and oxygen atoms in total. The van der Waals surface area contributed by atoms with Gasteiger partial charge in [-0.2, -0.15) is 0 Å². The van der Waals surface area contributed by atoms with E-state index in [1.807, 2.05) is 36.4 Å². The lowest BCUT2D eigenvalue weighted by atomic mass is 9.98. The summed E-state index contributed by atoms with van der Waals surface area (Å²) in [6.45, 7) is 11.9. The largest absolute Gasteiger partial charge is 0.479 e. The number of ether oxygens (including phenoxy) is 4. The molecule has 0 saturated carbocycles. The van der Waals surface area contributed by atoms with Crippen molar-refractivity contribution in [1.82, 2.24) is 14.9 Å². The Balaban J connectivity index is 1.31. The second kappa shape index (κ2) is 19.9. The van der Waals surface area contributed by atoms with Gasteiger partial charge < -0.3 is 29.0 Å². The topological polar surface area (TPSA) is 177 Å². The van der Waals surface area contributed by atoms with Crippen molar-refractivity contribution >= 4 is 52.5 Å². The SMILES string of the molecule is Cc1cc(C(C(=O)O)N(c2ccc3cnccc3c2)N(C(=O)OC(C)(C)C)C(=O)OC(C)(C)C)ccc1CCOC(=O)Nc1cccc(CN(C)C(=O)OCc2ccccc2)c1. The summed E-state index contributed by atoms with van der Waals surface area (Å²) in [4.78, 5) is 72.3. The van der Waals surface area contributed by atoms with Gasteiger partial charge in [-0.1, -0.05) is 66.7 Å². The quantitative estimate of drug-likeness (QED) is 0.0848. The number of hydrogen-bond donors (Lipinski definition) is 2. The number of imide groups is 1. The van der Waals surface area contributed by atoms with Crippen LogP contribution in [0.25, 0.3) is 10.8 Å². The third-order valence-electron chi connectivity index (χ3n) is 9.11. The maximum atomic E-state index is 14.0. The number of nitrogens with one attached hydrogen (secondary N) is 1. The maximum absolute atomic E-state index is 14.0. The number of hydrogen-bond acceptors (Lipinski definition) is 11. The summed E-state index contributed by atoms with van der Waals surface area (Å²) in [7, 11) is 1.62. The number of benzene rings is 4. The van der Waals surface area contributed by atoms with Gasteiger partial charge in [-0.15, -0.1) is 5.01 Å². The Morgan fingerprint density at radius 2 is 1.42 bits per heavy atom. The Labute approximate surface area is 361 Å². The van der Waals surface area contributed by atoms with Crippen molar-refractivity contribution in [2.75, 3.05) is 24.0 Å². The minimum Gasteiger partial charge on any atom is -0.479 e. The highest BCUT2D eigenvalue weighted by Gasteiger charge is 2.43. The van der Waals surface area contributed by atoms with E-state index in [2.05, 4.69) is 10.3 Å². The van der Waals surface area contributed by atoms with Crippen LogP contribution in [-0.2, 0) is 43.3 Å². The third-order valence-corrected chi connectivity index (χ3v) is 9.11. The number of aliphatic carboxylic acids is 1. The zero-order valence-corrected chi connectivity index (χ0v) is 36.2. The van der Waals surface area contributed by atoms with Crippen molar-refractivity contribution in [3.05, 3.63) is 137 Å². The second-order valence-corrected chi connectivity index (χ2v) is 16.6. The Bertz CT molecular complexity index is 2360. The van der Waals surface area contributed by atoms with Crippen molar-refractivity contribution in [3.63, 3.8) is 0 Å². The van der Waals surface area contributed by atoms with Crippen LogP contribution in [0.15, 0.2) is 109 Å². The number of hydrazine groups is 1. The zero-order chi connectivity index (χ0) is 45.2. The maximum Gasteiger partial charge on any atom is 0.439 e. The van der Waals surface area contributed by atoms with E-state index in [1.165, 1.54) is 4.90 Å². The normalized spacial score (nSPS) is 11.8. The Hall–Kier alpha value is -7.16. The molecule has 62 heavy (non-hydrogen) atoms. The first-order chi connectivity index (χ1) is 29.3. The predicted octanol–water partition coefficient (Wildman–Crippen LogP) is 9.82. The van der Waals surface area contributed by atoms with Crippen LogP contribution in [0.5, 0.6) is 0 Å². The van der Waals surface area contributed by atoms with Gasteiger partial charge in [-0.3, -0.25) is 15.3 Å². The fourth-order valence-electron chi connectivity index (χ4n) is 6.34. The first-order valence-electron chi connectivity index (χ1n) is 19.9. The molecule has 2 N–H and O–H groups in total. The van der Waals surface area contributed by atoms with Gasteiger partial charge in [0.05, 0.1) is 12.3 Å². The first kappa shape index (κ1) is 45.9. The van der Waals surface area contributed by atoms with Crippen LogP contribution < -0.4 is 10.3 Å². The molecule has 4 amide bonds. The summed E-state index contributed by atoms with van der Waals surface area (Å²) >= 11 is 0. The van der Waals surface area contributed by atoms with Crippen molar-refractivity contribution in [2.24, 2.45) is 0 Å². The van der Waals surface area contributed by atoms with Gasteiger partial charge in [0, 0.05) is 43.5 Å². The van der Waals surface area contributed by atoms with Gasteiger partial charge in [0.25, 0.3) is 0 Å². The number of anilines is 2. The number of carboxylic acid groups (broad SMARTS) is 1. The molecule has 0 aliphatic rings. The summed E-state index contributed by atoms with van der Waals surface area (Å²) in [6, 6.07) is 26.4. The van der Waals surface area contributed by atoms with E-state index in [-0.39, 0.29) is 37.4 Å². The minimum atomic E-state index is -1.64. The number of aromatic nitrogens is 1. The second-order valence-electron chi connectivity index (χ2n) is 16.6. The monoisotopic (exact) mass is 847 g/mol. The summed E-state index contributed by atoms with van der Waals surface area (Å²) in [5, 5.41) is 16.7. The third kappa shape index (κ3) is 12.9. The number of carboxylic acids is 1. The van der Waals surface area contributed by atoms with Crippen LogP contribution >= 0.6 is 0 Å². The Morgan fingerprint density at radius 1 is 0.742 bits per heavy atom. The van der Waals surface area contributed by atoms with Crippen molar-refractivity contribution in [2.45, 2.75) is 85.3 Å². The molecule has 5 rings (SSSR count). The summed E-state index contributed by atoms with van der Waals surface area (Å²) < 4.78 is 22.2. The highest BCUT2D eigenvalue weighted by Crippen LogP contribution is 2.34. The zero-order valence-electron chi connectivity index (χ0n) is 36.2. The fraction of sp³-hybridized carbons (Fsp3) is 0.319. The van der Waals surface area contributed by atoms with Crippen LogP contribution in [-0.4, -0.2) is 75.2 Å². The van der Waals surface area contributed by atoms with E-state index in [0.717, 1.165) is 27.1 Å². The predicted molar refractivity (Wildman–Crippen MR) is 233 cm³/mol. The van der Waals surface area contributed by atoms with Crippen LogP contribution in [0, 0.1) is 6.92 Å². The summed E-state index contributed by atoms with van der Waals surface area (Å²) in [5.41, 5.74) is 1.84. The number of nitrogens with zero attached hydrogens (tertiary/aromatic N) is 4. The minimum absolute atomic E-state index is 0.00675. The highest BCUT2D eigenvalue weighted by atomic mass is 16.6. The van der Waals surface area contributed by atoms with Gasteiger partial charge in [-0.05, 0) is 112 Å². The number of amides is 4. The Morgan fingerprint density at radius 3 is 2.06 bits per heavy atom. The molecule has 0 saturated heterocycles. The molecule has 0 aliphatic carbocycles. The van der Waals surface area contributed by atoms with Gasteiger partial charge in [-0.25, -0.2) is 24.0 Å². The lowest BCUT2D eigenvalue weighted by Crippen LogP contribution is -2.56. The van der Waals surface area contributed by atoms with Gasteiger partial charge in [0.2, 0.25) is 0 Å². The van der Waals surface area contributed by atoms with Gasteiger partial charge in [0.15, 0.2) is 6.04 Å². The van der Waals surface area contributed by atoms with E-state index in [9.17, 15) is 29.1 Å². The van der Waals surface area contributed by atoms with E-state index < -0.39 is 47.6 Å². The number of pyridine rings is 1. The molecule has 0 fully saturated rings. The number of carbonyl (C=O) groups excluding carboxylic acids is 4. The van der Waals surface area contributed by atoms with Crippen LogP contribution in [0.2, 0.25) is 0 Å². The lowest BCUT2D eigenvalue weighted by Gasteiger charge is -2.39. The molecule has 1 unspecified atom stereocenters. The summed E-state index contributed by atoms with van der Waals surface area (Å²) in [5.74, 6) is -1.37. The van der Waals surface area contributed by atoms with Gasteiger partial charge in [0.1, 0.15) is 17.8 Å². The summed E-state index contributed by atoms with van der Waals surface area (Å²) in [6.07, 6.45) is 0.0393. The molecule has 326 valence electrons. The molecule has 1 atom stereocenters. The van der Waals surface area contributed by atoms with Gasteiger partial charge >= 0.3 is 30.3 Å². The molecule has 0 aliphatic heterocycles. The molecular formula is C47H53N5O10. The lowest BCUT2D eigenvalue weighted by molar-refractivity contribution is -0.139. The number of aryl methyl sites for hydroxylation is 1. The molecule has 0 radical (unpaired) electrons. The highest BCUT2D eigenvalue weighted by molar-refractivity contribution is 5.94. The van der Waals surface area contributed by atoms with E-state index >= 15 is 0 Å². The standard InChI is InChI=1S/C47H53N5O10/c1-31-25-36(18-17-34(31)22-24-59-42(55)49-38-16-12-15-33(26-38)29-50(8)43(56)60-30-32-13-10-9-11-14-32)40(41(53)54)51(39-20-19-37-28-48-23-21-35(37)27-39)52(44(57)61-46(2,3)4)45(58)62-47(5,6)7/h9-21,23,25-28,40H,22,24,29-30H2,1-8H3,(H,49,55)(H,53,54).